The van der Waals surface area contributed by atoms with Crippen LogP contribution < -0.4 is 4.57 Å². The summed E-state index contributed by atoms with van der Waals surface area (Å²) in [6.45, 7) is 2.11. The number of aromatic nitrogens is 1. The molecule has 0 radical (unpaired) electrons. The minimum atomic E-state index is -0.417. The summed E-state index contributed by atoms with van der Waals surface area (Å²) in [6, 6.07) is 3.37. The van der Waals surface area contributed by atoms with E-state index in [1.54, 1.807) is 25.3 Å². The molecule has 0 saturated carbocycles. The van der Waals surface area contributed by atoms with E-state index in [4.69, 9.17) is 16.3 Å². The van der Waals surface area contributed by atoms with Gasteiger partial charge in [-0.05, 0) is 13.0 Å². The van der Waals surface area contributed by atoms with Crippen LogP contribution >= 0.6 is 11.6 Å². The first-order valence-corrected chi connectivity index (χ1v) is 3.95. The highest BCUT2D eigenvalue weighted by atomic mass is 35.5. The highest BCUT2D eigenvalue weighted by molar-refractivity contribution is 6.30. The molecule has 0 N–H and O–H groups in total. The molecule has 1 aromatic rings. The third-order valence-electron chi connectivity index (χ3n) is 1.24. The third-order valence-corrected chi connectivity index (χ3v) is 1.47. The van der Waals surface area contributed by atoms with Crippen molar-refractivity contribution in [3.63, 3.8) is 0 Å². The van der Waals surface area contributed by atoms with Crippen LogP contribution in [0.2, 0.25) is 5.02 Å². The lowest BCUT2D eigenvalue weighted by Gasteiger charge is -1.93. The summed E-state index contributed by atoms with van der Waals surface area (Å²) in [6.07, 6.45) is 2.67. The van der Waals surface area contributed by atoms with E-state index in [1.165, 1.54) is 10.8 Å². The van der Waals surface area contributed by atoms with Crippen molar-refractivity contribution in [3.8, 4) is 0 Å². The van der Waals surface area contributed by atoms with Crippen molar-refractivity contribution < 1.29 is 14.1 Å². The normalized spacial score (nSPS) is 9.50. The lowest BCUT2D eigenvalue weighted by molar-refractivity contribution is -0.585. The van der Waals surface area contributed by atoms with E-state index >= 15 is 0 Å². The summed E-state index contributed by atoms with van der Waals surface area (Å²) >= 11 is 5.66. The van der Waals surface area contributed by atoms with Gasteiger partial charge in [0.15, 0.2) is 12.4 Å². The molecule has 0 aliphatic carbocycles. The zero-order chi connectivity index (χ0) is 8.97. The SMILES string of the molecule is CCOC(=O)[n+]1cccc(Cl)c1. The number of carbonyl (C=O) groups is 1. The quantitative estimate of drug-likeness (QED) is 0.624. The minimum Gasteiger partial charge on any atom is -0.412 e. The van der Waals surface area contributed by atoms with Crippen LogP contribution in [0.3, 0.4) is 0 Å². The molecule has 0 unspecified atom stereocenters. The van der Waals surface area contributed by atoms with Crippen LogP contribution in [0.1, 0.15) is 6.92 Å². The van der Waals surface area contributed by atoms with Gasteiger partial charge in [-0.3, -0.25) is 0 Å². The molecule has 0 spiro atoms. The second-order valence-corrected chi connectivity index (χ2v) is 2.56. The summed E-state index contributed by atoms with van der Waals surface area (Å²) in [5.41, 5.74) is 0. The molecule has 4 heteroatoms. The Balaban J connectivity index is 2.81. The van der Waals surface area contributed by atoms with Gasteiger partial charge in [-0.2, -0.15) is 4.79 Å². The average molecular weight is 187 g/mol. The number of ether oxygens (including phenoxy) is 1. The van der Waals surface area contributed by atoms with Crippen molar-refractivity contribution in [2.24, 2.45) is 0 Å². The highest BCUT2D eigenvalue weighted by Gasteiger charge is 2.14. The molecule has 0 atom stereocenters. The van der Waals surface area contributed by atoms with Gasteiger partial charge in [-0.15, -0.1) is 0 Å². The number of hydrogen-bond acceptors (Lipinski definition) is 2. The molecule has 1 aromatic heterocycles. The summed E-state index contributed by atoms with van der Waals surface area (Å²) in [5.74, 6) is 0. The second-order valence-electron chi connectivity index (χ2n) is 2.13. The molecule has 3 nitrogen and oxygen atoms in total. The van der Waals surface area contributed by atoms with E-state index in [0.717, 1.165) is 0 Å². The van der Waals surface area contributed by atoms with Crippen LogP contribution in [0.5, 0.6) is 0 Å². The maximum atomic E-state index is 11.1. The maximum Gasteiger partial charge on any atom is 0.601 e. The van der Waals surface area contributed by atoms with Crippen molar-refractivity contribution in [2.75, 3.05) is 6.61 Å². The molecule has 64 valence electrons. The van der Waals surface area contributed by atoms with Crippen LogP contribution in [0.15, 0.2) is 24.5 Å². The van der Waals surface area contributed by atoms with E-state index in [2.05, 4.69) is 0 Å². The zero-order valence-corrected chi connectivity index (χ0v) is 7.41. The van der Waals surface area contributed by atoms with Crippen molar-refractivity contribution in [1.29, 1.82) is 0 Å². The van der Waals surface area contributed by atoms with Gasteiger partial charge in [-0.25, -0.2) is 0 Å². The Morgan fingerprint density at radius 3 is 3.08 bits per heavy atom. The van der Waals surface area contributed by atoms with E-state index in [9.17, 15) is 4.79 Å². The number of carbonyl (C=O) groups excluding carboxylic acids is 1. The molecule has 0 amide bonds. The van der Waals surface area contributed by atoms with Gasteiger partial charge >= 0.3 is 6.09 Å². The maximum absolute atomic E-state index is 11.1. The Labute approximate surface area is 75.5 Å². The van der Waals surface area contributed by atoms with E-state index < -0.39 is 6.09 Å². The highest BCUT2D eigenvalue weighted by Crippen LogP contribution is 2.01. The van der Waals surface area contributed by atoms with Gasteiger partial charge in [0.2, 0.25) is 0 Å². The topological polar surface area (TPSA) is 30.2 Å². The molecule has 0 fully saturated rings. The number of hydrogen-bond donors (Lipinski definition) is 0. The van der Waals surface area contributed by atoms with E-state index in [-0.39, 0.29) is 0 Å². The molecular formula is C8H9ClNO2+. The Hall–Kier alpha value is -1.09. The predicted molar refractivity (Wildman–Crippen MR) is 44.1 cm³/mol. The predicted octanol–water partition coefficient (Wildman–Crippen LogP) is 1.63. The van der Waals surface area contributed by atoms with Crippen molar-refractivity contribution in [1.82, 2.24) is 0 Å². The monoisotopic (exact) mass is 186 g/mol. The Bertz CT molecular complexity index is 288. The molecule has 12 heavy (non-hydrogen) atoms. The van der Waals surface area contributed by atoms with Gasteiger partial charge in [0.25, 0.3) is 0 Å². The molecule has 0 aliphatic rings. The van der Waals surface area contributed by atoms with Gasteiger partial charge in [0, 0.05) is 6.07 Å². The Kier molecular flexibility index (Phi) is 3.05. The van der Waals surface area contributed by atoms with E-state index in [0.29, 0.717) is 11.6 Å². The summed E-state index contributed by atoms with van der Waals surface area (Å²) in [4.78, 5) is 11.1. The van der Waals surface area contributed by atoms with Crippen molar-refractivity contribution in [2.45, 2.75) is 6.92 Å². The average Bonchev–Trinajstić information content (AvgIpc) is 2.05. The standard InChI is InChI=1S/C8H9ClNO2/c1-2-12-8(11)10-5-3-4-7(9)6-10/h3-6H,2H2,1H3/q+1. The summed E-state index contributed by atoms with van der Waals surface area (Å²) in [7, 11) is 0. The van der Waals surface area contributed by atoms with Crippen molar-refractivity contribution in [3.05, 3.63) is 29.5 Å². The Morgan fingerprint density at radius 1 is 1.75 bits per heavy atom. The molecular weight excluding hydrogens is 178 g/mol. The first kappa shape index (κ1) is 9.00. The fourth-order valence-corrected chi connectivity index (χ4v) is 0.936. The smallest absolute Gasteiger partial charge is 0.412 e. The van der Waals surface area contributed by atoms with Crippen LogP contribution in [0, 0.1) is 0 Å². The number of nitrogens with zero attached hydrogens (tertiary/aromatic N) is 1. The fourth-order valence-electron chi connectivity index (χ4n) is 0.758. The van der Waals surface area contributed by atoms with Crippen LogP contribution in [0.25, 0.3) is 0 Å². The Morgan fingerprint density at radius 2 is 2.50 bits per heavy atom. The fraction of sp³-hybridized carbons (Fsp3) is 0.250. The summed E-state index contributed by atoms with van der Waals surface area (Å²) in [5, 5.41) is 0.505. The lowest BCUT2D eigenvalue weighted by atomic mass is 10.5. The number of pyridine rings is 1. The van der Waals surface area contributed by atoms with Gasteiger partial charge < -0.3 is 4.74 Å². The third kappa shape index (κ3) is 2.20. The molecule has 1 rings (SSSR count). The van der Waals surface area contributed by atoms with Crippen LogP contribution in [-0.4, -0.2) is 12.7 Å². The molecule has 0 aliphatic heterocycles. The number of halogens is 1. The van der Waals surface area contributed by atoms with E-state index in [1.807, 2.05) is 0 Å². The summed E-state index contributed by atoms with van der Waals surface area (Å²) < 4.78 is 6.05. The second kappa shape index (κ2) is 4.07. The molecule has 0 saturated heterocycles. The molecule has 0 bridgehead atoms. The van der Waals surface area contributed by atoms with Crippen molar-refractivity contribution >= 4 is 17.7 Å². The largest absolute Gasteiger partial charge is 0.601 e. The first-order chi connectivity index (χ1) is 5.74. The minimum absolute atomic E-state index is 0.359. The zero-order valence-electron chi connectivity index (χ0n) is 6.66. The lowest BCUT2D eigenvalue weighted by Crippen LogP contribution is -2.42. The first-order valence-electron chi connectivity index (χ1n) is 3.58. The van der Waals surface area contributed by atoms with Crippen LogP contribution in [-0.2, 0) is 4.74 Å². The van der Waals surface area contributed by atoms with Gasteiger partial charge in [0.1, 0.15) is 5.02 Å². The molecule has 0 aromatic carbocycles. The van der Waals surface area contributed by atoms with Gasteiger partial charge in [-0.1, -0.05) is 16.2 Å². The number of rotatable bonds is 1. The molecule has 1 heterocycles. The van der Waals surface area contributed by atoms with Gasteiger partial charge in [0.05, 0.1) is 6.61 Å². The van der Waals surface area contributed by atoms with Crippen LogP contribution in [0.4, 0.5) is 4.79 Å².